The first-order chi connectivity index (χ1) is 6.36. The van der Waals surface area contributed by atoms with E-state index in [4.69, 9.17) is 4.74 Å². The van der Waals surface area contributed by atoms with Crippen LogP contribution in [0.4, 0.5) is 4.39 Å². The Morgan fingerprint density at radius 2 is 1.93 bits per heavy atom. The SMILES string of the molecule is COc1cc(F)c(C(C)(C)O)cc1C. The summed E-state index contributed by atoms with van der Waals surface area (Å²) in [7, 11) is 1.49. The molecular weight excluding hydrogens is 183 g/mol. The van der Waals surface area contributed by atoms with Crippen LogP contribution in [-0.4, -0.2) is 12.2 Å². The first-order valence-corrected chi connectivity index (χ1v) is 4.43. The third kappa shape index (κ3) is 2.04. The van der Waals surface area contributed by atoms with Gasteiger partial charge in [0.2, 0.25) is 0 Å². The number of aliphatic hydroxyl groups is 1. The number of hydrogen-bond donors (Lipinski definition) is 1. The van der Waals surface area contributed by atoms with E-state index in [9.17, 15) is 9.50 Å². The summed E-state index contributed by atoms with van der Waals surface area (Å²) >= 11 is 0. The van der Waals surface area contributed by atoms with Crippen molar-refractivity contribution in [1.82, 2.24) is 0 Å². The van der Waals surface area contributed by atoms with Crippen LogP contribution in [0.25, 0.3) is 0 Å². The van der Waals surface area contributed by atoms with Crippen molar-refractivity contribution in [2.24, 2.45) is 0 Å². The fourth-order valence-electron chi connectivity index (χ4n) is 1.35. The second kappa shape index (κ2) is 3.58. The van der Waals surface area contributed by atoms with Gasteiger partial charge in [0, 0.05) is 11.6 Å². The number of halogens is 1. The van der Waals surface area contributed by atoms with Gasteiger partial charge in [0.15, 0.2) is 0 Å². The van der Waals surface area contributed by atoms with Crippen LogP contribution in [0.15, 0.2) is 12.1 Å². The third-order valence-electron chi connectivity index (χ3n) is 2.14. The van der Waals surface area contributed by atoms with Crippen molar-refractivity contribution in [2.75, 3.05) is 7.11 Å². The van der Waals surface area contributed by atoms with E-state index in [0.717, 1.165) is 5.56 Å². The van der Waals surface area contributed by atoms with E-state index >= 15 is 0 Å². The molecule has 0 spiro atoms. The molecule has 3 heteroatoms. The van der Waals surface area contributed by atoms with E-state index in [-0.39, 0.29) is 5.56 Å². The highest BCUT2D eigenvalue weighted by Crippen LogP contribution is 2.28. The predicted molar refractivity (Wildman–Crippen MR) is 52.9 cm³/mol. The molecule has 0 atom stereocenters. The lowest BCUT2D eigenvalue weighted by Crippen LogP contribution is -2.17. The highest BCUT2D eigenvalue weighted by Gasteiger charge is 2.21. The Hall–Kier alpha value is -1.09. The summed E-state index contributed by atoms with van der Waals surface area (Å²) in [5.41, 5.74) is -0.0666. The zero-order chi connectivity index (χ0) is 10.9. The summed E-state index contributed by atoms with van der Waals surface area (Å²) in [5, 5.41) is 9.68. The van der Waals surface area contributed by atoms with Crippen molar-refractivity contribution in [3.8, 4) is 5.75 Å². The molecule has 0 heterocycles. The summed E-state index contributed by atoms with van der Waals surface area (Å²) in [6.07, 6.45) is 0. The fraction of sp³-hybridized carbons (Fsp3) is 0.455. The zero-order valence-corrected chi connectivity index (χ0v) is 8.89. The molecule has 1 aromatic carbocycles. The standard InChI is InChI=1S/C11H15FO2/c1-7-5-8(11(2,3)13)9(12)6-10(7)14-4/h5-6,13H,1-4H3. The molecule has 0 unspecified atom stereocenters. The van der Waals surface area contributed by atoms with Gasteiger partial charge in [-0.2, -0.15) is 0 Å². The van der Waals surface area contributed by atoms with Gasteiger partial charge < -0.3 is 9.84 Å². The lowest BCUT2D eigenvalue weighted by atomic mass is 9.96. The van der Waals surface area contributed by atoms with E-state index in [1.807, 2.05) is 6.92 Å². The predicted octanol–water partition coefficient (Wildman–Crippen LogP) is 2.37. The number of benzene rings is 1. The van der Waals surface area contributed by atoms with Crippen LogP contribution in [0.1, 0.15) is 25.0 Å². The van der Waals surface area contributed by atoms with Crippen molar-refractivity contribution >= 4 is 0 Å². The average molecular weight is 198 g/mol. The first-order valence-electron chi connectivity index (χ1n) is 4.43. The van der Waals surface area contributed by atoms with Gasteiger partial charge in [-0.15, -0.1) is 0 Å². The van der Waals surface area contributed by atoms with Gasteiger partial charge in [-0.05, 0) is 32.4 Å². The largest absolute Gasteiger partial charge is 0.496 e. The third-order valence-corrected chi connectivity index (χ3v) is 2.14. The van der Waals surface area contributed by atoms with Crippen molar-refractivity contribution in [1.29, 1.82) is 0 Å². The normalized spacial score (nSPS) is 11.6. The van der Waals surface area contributed by atoms with Crippen molar-refractivity contribution in [3.63, 3.8) is 0 Å². The van der Waals surface area contributed by atoms with E-state index in [2.05, 4.69) is 0 Å². The summed E-state index contributed by atoms with van der Waals surface area (Å²) < 4.78 is 18.4. The van der Waals surface area contributed by atoms with Crippen LogP contribution in [0.2, 0.25) is 0 Å². The van der Waals surface area contributed by atoms with Crippen LogP contribution in [0, 0.1) is 12.7 Å². The lowest BCUT2D eigenvalue weighted by molar-refractivity contribution is 0.0744. The molecule has 0 radical (unpaired) electrons. The molecule has 1 rings (SSSR count). The number of aryl methyl sites for hydroxylation is 1. The maximum Gasteiger partial charge on any atom is 0.132 e. The quantitative estimate of drug-likeness (QED) is 0.790. The van der Waals surface area contributed by atoms with Crippen LogP contribution >= 0.6 is 0 Å². The monoisotopic (exact) mass is 198 g/mol. The molecule has 1 aromatic rings. The van der Waals surface area contributed by atoms with E-state index in [0.29, 0.717) is 5.75 Å². The molecule has 0 aliphatic heterocycles. The Morgan fingerprint density at radius 1 is 1.36 bits per heavy atom. The van der Waals surface area contributed by atoms with Crippen molar-refractivity contribution < 1.29 is 14.2 Å². The first kappa shape index (κ1) is 11.0. The number of hydrogen-bond acceptors (Lipinski definition) is 2. The molecule has 2 nitrogen and oxygen atoms in total. The summed E-state index contributed by atoms with van der Waals surface area (Å²) in [5.74, 6) is 0.0513. The minimum atomic E-state index is -1.17. The molecule has 78 valence electrons. The van der Waals surface area contributed by atoms with E-state index in [1.54, 1.807) is 19.9 Å². The maximum atomic E-state index is 13.5. The Morgan fingerprint density at radius 3 is 2.36 bits per heavy atom. The Balaban J connectivity index is 3.29. The summed E-state index contributed by atoms with van der Waals surface area (Å²) in [6.45, 7) is 4.92. The molecule has 0 saturated heterocycles. The molecule has 0 amide bonds. The van der Waals surface area contributed by atoms with Crippen LogP contribution in [0.3, 0.4) is 0 Å². The minimum absolute atomic E-state index is 0.288. The van der Waals surface area contributed by atoms with Gasteiger partial charge in [0.25, 0.3) is 0 Å². The second-order valence-corrected chi connectivity index (χ2v) is 3.86. The average Bonchev–Trinajstić information content (AvgIpc) is 2.06. The lowest BCUT2D eigenvalue weighted by Gasteiger charge is -2.20. The smallest absolute Gasteiger partial charge is 0.132 e. The Kier molecular flexibility index (Phi) is 2.81. The summed E-state index contributed by atoms with van der Waals surface area (Å²) in [4.78, 5) is 0. The number of methoxy groups -OCH3 is 1. The highest BCUT2D eigenvalue weighted by atomic mass is 19.1. The molecule has 0 saturated carbocycles. The molecule has 0 aliphatic carbocycles. The van der Waals surface area contributed by atoms with Gasteiger partial charge in [-0.3, -0.25) is 0 Å². The number of ether oxygens (including phenoxy) is 1. The summed E-state index contributed by atoms with van der Waals surface area (Å²) in [6, 6.07) is 2.90. The highest BCUT2D eigenvalue weighted by molar-refractivity contribution is 5.39. The van der Waals surface area contributed by atoms with E-state index in [1.165, 1.54) is 13.2 Å². The Bertz CT molecular complexity index is 340. The molecule has 0 fully saturated rings. The molecular formula is C11H15FO2. The molecule has 0 bridgehead atoms. The van der Waals surface area contributed by atoms with Gasteiger partial charge in [-0.1, -0.05) is 0 Å². The molecule has 0 aromatic heterocycles. The number of rotatable bonds is 2. The molecule has 14 heavy (non-hydrogen) atoms. The van der Waals surface area contributed by atoms with Crippen molar-refractivity contribution in [2.45, 2.75) is 26.4 Å². The van der Waals surface area contributed by atoms with Crippen LogP contribution in [0.5, 0.6) is 5.75 Å². The minimum Gasteiger partial charge on any atom is -0.496 e. The van der Waals surface area contributed by atoms with Gasteiger partial charge in [-0.25, -0.2) is 4.39 Å². The second-order valence-electron chi connectivity index (χ2n) is 3.86. The van der Waals surface area contributed by atoms with Gasteiger partial charge in [0.05, 0.1) is 12.7 Å². The van der Waals surface area contributed by atoms with Crippen molar-refractivity contribution in [3.05, 3.63) is 29.1 Å². The van der Waals surface area contributed by atoms with Crippen LogP contribution < -0.4 is 4.74 Å². The molecule has 1 N–H and O–H groups in total. The fourth-order valence-corrected chi connectivity index (χ4v) is 1.35. The zero-order valence-electron chi connectivity index (χ0n) is 8.89. The van der Waals surface area contributed by atoms with Gasteiger partial charge >= 0.3 is 0 Å². The molecule has 0 aliphatic rings. The maximum absolute atomic E-state index is 13.5. The van der Waals surface area contributed by atoms with E-state index < -0.39 is 11.4 Å². The van der Waals surface area contributed by atoms with Crippen LogP contribution in [-0.2, 0) is 5.60 Å². The topological polar surface area (TPSA) is 29.5 Å². The van der Waals surface area contributed by atoms with Gasteiger partial charge in [0.1, 0.15) is 11.6 Å². The Labute approximate surface area is 83.3 Å².